The van der Waals surface area contributed by atoms with Gasteiger partial charge in [-0.15, -0.1) is 0 Å². The number of rotatable bonds is 6. The molecule has 0 aliphatic heterocycles. The number of sulfone groups is 1. The lowest BCUT2D eigenvalue weighted by Gasteiger charge is -2.29. The summed E-state index contributed by atoms with van der Waals surface area (Å²) < 4.78 is 26.8. The molecule has 1 aliphatic carbocycles. The minimum absolute atomic E-state index is 0.0580. The van der Waals surface area contributed by atoms with Gasteiger partial charge in [0.05, 0.1) is 17.1 Å². The number of para-hydroxylation sites is 1. The number of hydrogen-bond acceptors (Lipinski definition) is 4. The van der Waals surface area contributed by atoms with Gasteiger partial charge in [-0.1, -0.05) is 49.6 Å². The molecule has 2 atom stereocenters. The molecule has 3 rings (SSSR count). The molecule has 1 N–H and O–H groups in total. The van der Waals surface area contributed by atoms with E-state index in [0.717, 1.165) is 31.4 Å². The van der Waals surface area contributed by atoms with Crippen LogP contribution >= 0.6 is 11.6 Å². The van der Waals surface area contributed by atoms with Gasteiger partial charge in [-0.25, -0.2) is 13.1 Å². The summed E-state index contributed by atoms with van der Waals surface area (Å²) in [6, 6.07) is 9.34. The third-order valence-electron chi connectivity index (χ3n) is 5.30. The van der Waals surface area contributed by atoms with Gasteiger partial charge in [-0.2, -0.15) is 5.10 Å². The van der Waals surface area contributed by atoms with Gasteiger partial charge in [0.25, 0.3) is 0 Å². The topological polar surface area (TPSA) is 81.1 Å². The van der Waals surface area contributed by atoms with E-state index in [2.05, 4.69) is 17.3 Å². The average molecular weight is 424 g/mol. The minimum Gasteiger partial charge on any atom is -0.352 e. The van der Waals surface area contributed by atoms with Crippen molar-refractivity contribution in [2.45, 2.75) is 51.3 Å². The lowest BCUT2D eigenvalue weighted by atomic mass is 9.86. The molecule has 0 radical (unpaired) electrons. The predicted molar refractivity (Wildman–Crippen MR) is 110 cm³/mol. The van der Waals surface area contributed by atoms with Crippen LogP contribution in [0.3, 0.4) is 0 Å². The number of carbonyl (C=O) groups excluding carboxylic acids is 1. The maximum atomic E-state index is 12.6. The third kappa shape index (κ3) is 4.94. The van der Waals surface area contributed by atoms with Crippen molar-refractivity contribution >= 4 is 27.3 Å². The predicted octanol–water partition coefficient (Wildman–Crippen LogP) is 3.44. The van der Waals surface area contributed by atoms with Gasteiger partial charge in [-0.05, 0) is 37.8 Å². The van der Waals surface area contributed by atoms with E-state index in [1.165, 1.54) is 4.68 Å². The second-order valence-corrected chi connectivity index (χ2v) is 9.99. The fourth-order valence-corrected chi connectivity index (χ4v) is 5.47. The summed E-state index contributed by atoms with van der Waals surface area (Å²) in [4.78, 5) is 12.3. The molecule has 6 nitrogen and oxygen atoms in total. The molecule has 1 aliphatic rings. The Hall–Kier alpha value is -1.86. The Labute approximate surface area is 171 Å². The number of hydrogen-bond donors (Lipinski definition) is 1. The molecule has 0 spiro atoms. The number of aromatic nitrogens is 2. The fraction of sp³-hybridized carbons (Fsp3) is 0.500. The molecule has 0 bridgehead atoms. The molecule has 1 aromatic heterocycles. The van der Waals surface area contributed by atoms with Crippen LogP contribution in [0.15, 0.2) is 30.3 Å². The van der Waals surface area contributed by atoms with Crippen LogP contribution in [0, 0.1) is 12.8 Å². The molecular formula is C20H26ClN3O3S. The molecule has 2 aromatic rings. The quantitative estimate of drug-likeness (QED) is 0.771. The van der Waals surface area contributed by atoms with Crippen LogP contribution in [-0.4, -0.2) is 35.9 Å². The van der Waals surface area contributed by atoms with Crippen molar-refractivity contribution in [2.24, 2.45) is 5.92 Å². The smallest absolute Gasteiger partial charge is 0.235 e. The van der Waals surface area contributed by atoms with Crippen molar-refractivity contribution in [3.63, 3.8) is 0 Å². The Morgan fingerprint density at radius 2 is 1.93 bits per heavy atom. The Kier molecular flexibility index (Phi) is 6.45. The third-order valence-corrected chi connectivity index (χ3v) is 7.11. The average Bonchev–Trinajstić information content (AvgIpc) is 2.92. The van der Waals surface area contributed by atoms with Gasteiger partial charge in [0.15, 0.2) is 9.84 Å². The molecule has 8 heteroatoms. The molecule has 1 aromatic carbocycles. The Bertz CT molecular complexity index is 941. The molecule has 152 valence electrons. The molecule has 1 saturated carbocycles. The summed E-state index contributed by atoms with van der Waals surface area (Å²) in [7, 11) is -3.67. The Morgan fingerprint density at radius 1 is 1.25 bits per heavy atom. The number of halogens is 1. The lowest BCUT2D eigenvalue weighted by molar-refractivity contribution is -0.119. The van der Waals surface area contributed by atoms with E-state index < -0.39 is 21.5 Å². The van der Waals surface area contributed by atoms with Gasteiger partial charge < -0.3 is 5.32 Å². The molecule has 1 heterocycles. The zero-order chi connectivity index (χ0) is 20.3. The van der Waals surface area contributed by atoms with Gasteiger partial charge >= 0.3 is 0 Å². The molecule has 1 amide bonds. The van der Waals surface area contributed by atoms with Crippen LogP contribution in [0.5, 0.6) is 0 Å². The number of carbonyl (C=O) groups is 1. The second-order valence-electron chi connectivity index (χ2n) is 7.57. The van der Waals surface area contributed by atoms with Crippen molar-refractivity contribution in [1.29, 1.82) is 0 Å². The first-order valence-electron chi connectivity index (χ1n) is 9.56. The highest BCUT2D eigenvalue weighted by molar-refractivity contribution is 7.91. The van der Waals surface area contributed by atoms with E-state index >= 15 is 0 Å². The van der Waals surface area contributed by atoms with Crippen LogP contribution in [0.25, 0.3) is 5.69 Å². The maximum Gasteiger partial charge on any atom is 0.235 e. The van der Waals surface area contributed by atoms with Gasteiger partial charge in [0.1, 0.15) is 10.9 Å². The van der Waals surface area contributed by atoms with E-state index in [4.69, 9.17) is 11.6 Å². The minimum atomic E-state index is -3.67. The first-order valence-corrected chi connectivity index (χ1v) is 11.8. The molecule has 2 unspecified atom stereocenters. The highest BCUT2D eigenvalue weighted by atomic mass is 35.5. The molecule has 28 heavy (non-hydrogen) atoms. The molecule has 0 saturated heterocycles. The Morgan fingerprint density at radius 3 is 2.61 bits per heavy atom. The van der Waals surface area contributed by atoms with Crippen LogP contribution in [-0.2, 0) is 20.4 Å². The largest absolute Gasteiger partial charge is 0.352 e. The summed E-state index contributed by atoms with van der Waals surface area (Å²) in [5, 5.41) is 7.52. The van der Waals surface area contributed by atoms with E-state index in [0.29, 0.717) is 17.2 Å². The standard InChI is InChI=1S/C20H26ClN3O3S/c1-14-8-6-7-11-18(14)22-19(25)13-28(26,27)12-17-15(2)23-24(20(17)21)16-9-4-3-5-10-16/h3-5,9-10,14,18H,6-8,11-13H2,1-2H3,(H,22,25). The molecular weight excluding hydrogens is 398 g/mol. The summed E-state index contributed by atoms with van der Waals surface area (Å²) in [6.07, 6.45) is 4.19. The van der Waals surface area contributed by atoms with E-state index in [9.17, 15) is 13.2 Å². The SMILES string of the molecule is Cc1nn(-c2ccccc2)c(Cl)c1CS(=O)(=O)CC(=O)NC1CCCCC1C. The zero-order valence-electron chi connectivity index (χ0n) is 16.2. The van der Waals surface area contributed by atoms with Gasteiger partial charge in [0, 0.05) is 11.6 Å². The van der Waals surface area contributed by atoms with Crippen LogP contribution in [0.2, 0.25) is 5.15 Å². The summed E-state index contributed by atoms with van der Waals surface area (Å²) in [6.45, 7) is 3.82. The normalized spacial score (nSPS) is 20.1. The summed E-state index contributed by atoms with van der Waals surface area (Å²) in [5.41, 5.74) is 1.73. The summed E-state index contributed by atoms with van der Waals surface area (Å²) in [5.74, 6) is -0.912. The van der Waals surface area contributed by atoms with Gasteiger partial charge in [-0.3, -0.25) is 4.79 Å². The first-order chi connectivity index (χ1) is 13.3. The number of nitrogens with one attached hydrogen (secondary N) is 1. The monoisotopic (exact) mass is 423 g/mol. The second kappa shape index (κ2) is 8.66. The van der Waals surface area contributed by atoms with Gasteiger partial charge in [0.2, 0.25) is 5.91 Å². The van der Waals surface area contributed by atoms with E-state index in [1.54, 1.807) is 6.92 Å². The first kappa shape index (κ1) is 20.9. The van der Waals surface area contributed by atoms with Crippen molar-refractivity contribution in [3.05, 3.63) is 46.7 Å². The summed E-state index contributed by atoms with van der Waals surface area (Å²) >= 11 is 6.42. The highest BCUT2D eigenvalue weighted by Gasteiger charge is 2.27. The lowest BCUT2D eigenvalue weighted by Crippen LogP contribution is -2.43. The number of aryl methyl sites for hydroxylation is 1. The van der Waals surface area contributed by atoms with E-state index in [1.807, 2.05) is 30.3 Å². The van der Waals surface area contributed by atoms with Crippen molar-refractivity contribution < 1.29 is 13.2 Å². The zero-order valence-corrected chi connectivity index (χ0v) is 17.8. The van der Waals surface area contributed by atoms with E-state index in [-0.39, 0.29) is 16.9 Å². The molecule has 1 fully saturated rings. The maximum absolute atomic E-state index is 12.6. The number of amides is 1. The number of benzene rings is 1. The number of nitrogens with zero attached hydrogens (tertiary/aromatic N) is 2. The van der Waals surface area contributed by atoms with Crippen LogP contribution in [0.1, 0.15) is 43.9 Å². The Balaban J connectivity index is 1.70. The fourth-order valence-electron chi connectivity index (χ4n) is 3.69. The van der Waals surface area contributed by atoms with Crippen molar-refractivity contribution in [1.82, 2.24) is 15.1 Å². The highest BCUT2D eigenvalue weighted by Crippen LogP contribution is 2.26. The van der Waals surface area contributed by atoms with Crippen LogP contribution < -0.4 is 5.32 Å². The van der Waals surface area contributed by atoms with Crippen molar-refractivity contribution in [3.8, 4) is 5.69 Å². The van der Waals surface area contributed by atoms with Crippen LogP contribution in [0.4, 0.5) is 0 Å². The van der Waals surface area contributed by atoms with Crippen molar-refractivity contribution in [2.75, 3.05) is 5.75 Å².